The average Bonchev–Trinajstić information content (AvgIpc) is 3.01. The number of nitrogens with one attached hydrogen (secondary N) is 2. The highest BCUT2D eigenvalue weighted by atomic mass is 16.5. The number of hydrogen-bond acceptors (Lipinski definition) is 5. The van der Waals surface area contributed by atoms with Gasteiger partial charge in [0.25, 0.3) is 5.56 Å². The van der Waals surface area contributed by atoms with Gasteiger partial charge < -0.3 is 19.9 Å². The molecule has 1 aromatic heterocycles. The molecule has 0 bridgehead atoms. The van der Waals surface area contributed by atoms with E-state index in [2.05, 4.69) is 22.2 Å². The van der Waals surface area contributed by atoms with Gasteiger partial charge in [-0.05, 0) is 12.3 Å². The number of H-pyrrole nitrogens is 1. The van der Waals surface area contributed by atoms with Crippen molar-refractivity contribution >= 4 is 11.7 Å². The number of ether oxygens (including phenoxy) is 1. The van der Waals surface area contributed by atoms with Gasteiger partial charge in [-0.25, -0.2) is 4.98 Å². The van der Waals surface area contributed by atoms with Crippen molar-refractivity contribution in [1.29, 1.82) is 0 Å². The molecule has 7 heteroatoms. The van der Waals surface area contributed by atoms with Crippen molar-refractivity contribution in [2.24, 2.45) is 5.92 Å². The first-order valence-electron chi connectivity index (χ1n) is 7.22. The number of methoxy groups -OCH3 is 1. The van der Waals surface area contributed by atoms with Crippen LogP contribution in [0.25, 0.3) is 0 Å². The standard InChI is InChI=1S/C14H20N4O3/c1-8-3-10(8)18-6-9(4-14(18)20)15-11-5-13(19)17-12(16-11)7-21-2/h5,8-10H,3-4,6-7H2,1-2H3,(H2,15,16,17,19). The van der Waals surface area contributed by atoms with Gasteiger partial charge in [0.1, 0.15) is 18.2 Å². The summed E-state index contributed by atoms with van der Waals surface area (Å²) in [4.78, 5) is 32.5. The van der Waals surface area contributed by atoms with Crippen LogP contribution in [-0.2, 0) is 16.1 Å². The lowest BCUT2D eigenvalue weighted by atomic mass is 10.2. The molecule has 1 saturated carbocycles. The van der Waals surface area contributed by atoms with Gasteiger partial charge in [0, 0.05) is 32.2 Å². The van der Waals surface area contributed by atoms with Crippen molar-refractivity contribution in [3.63, 3.8) is 0 Å². The summed E-state index contributed by atoms with van der Waals surface area (Å²) >= 11 is 0. The van der Waals surface area contributed by atoms with E-state index in [0.29, 0.717) is 36.6 Å². The van der Waals surface area contributed by atoms with Crippen LogP contribution >= 0.6 is 0 Å². The lowest BCUT2D eigenvalue weighted by Crippen LogP contribution is -2.31. The summed E-state index contributed by atoms with van der Waals surface area (Å²) < 4.78 is 4.97. The lowest BCUT2D eigenvalue weighted by molar-refractivity contribution is -0.128. The fraction of sp³-hybridized carbons (Fsp3) is 0.643. The van der Waals surface area contributed by atoms with Crippen LogP contribution < -0.4 is 10.9 Å². The first kappa shape index (κ1) is 14.1. The molecule has 3 rings (SSSR count). The largest absolute Gasteiger partial charge is 0.377 e. The maximum atomic E-state index is 12.0. The van der Waals surface area contributed by atoms with Gasteiger partial charge in [0.15, 0.2) is 0 Å². The molecule has 1 aliphatic heterocycles. The van der Waals surface area contributed by atoms with E-state index in [0.717, 1.165) is 6.42 Å². The van der Waals surface area contributed by atoms with E-state index in [1.807, 2.05) is 4.90 Å². The molecule has 1 saturated heterocycles. The van der Waals surface area contributed by atoms with E-state index in [9.17, 15) is 9.59 Å². The molecule has 3 atom stereocenters. The second-order valence-corrected chi connectivity index (χ2v) is 5.88. The number of hydrogen-bond donors (Lipinski definition) is 2. The summed E-state index contributed by atoms with van der Waals surface area (Å²) in [5, 5.41) is 3.19. The third-order valence-corrected chi connectivity index (χ3v) is 4.05. The Balaban J connectivity index is 1.67. The number of anilines is 1. The molecular weight excluding hydrogens is 272 g/mol. The summed E-state index contributed by atoms with van der Waals surface area (Å²) in [5.74, 6) is 1.77. The fourth-order valence-corrected chi connectivity index (χ4v) is 2.88. The summed E-state index contributed by atoms with van der Waals surface area (Å²) in [6.07, 6.45) is 1.55. The van der Waals surface area contributed by atoms with E-state index in [1.54, 1.807) is 7.11 Å². The third-order valence-electron chi connectivity index (χ3n) is 4.05. The number of likely N-dealkylation sites (tertiary alicyclic amines) is 1. The number of aromatic nitrogens is 2. The Labute approximate surface area is 122 Å². The van der Waals surface area contributed by atoms with E-state index in [4.69, 9.17) is 4.74 Å². The summed E-state index contributed by atoms with van der Waals surface area (Å²) in [6, 6.07) is 1.82. The van der Waals surface area contributed by atoms with Crippen LogP contribution in [-0.4, -0.2) is 46.5 Å². The van der Waals surface area contributed by atoms with E-state index in [1.165, 1.54) is 6.07 Å². The van der Waals surface area contributed by atoms with Gasteiger partial charge in [-0.15, -0.1) is 0 Å². The topological polar surface area (TPSA) is 87.3 Å². The molecule has 1 aliphatic carbocycles. The number of aromatic amines is 1. The van der Waals surface area contributed by atoms with Crippen LogP contribution in [0.15, 0.2) is 10.9 Å². The molecule has 7 nitrogen and oxygen atoms in total. The van der Waals surface area contributed by atoms with Gasteiger partial charge >= 0.3 is 0 Å². The van der Waals surface area contributed by atoms with E-state index >= 15 is 0 Å². The van der Waals surface area contributed by atoms with Crippen LogP contribution in [0.4, 0.5) is 5.82 Å². The number of amides is 1. The fourth-order valence-electron chi connectivity index (χ4n) is 2.88. The Morgan fingerprint density at radius 3 is 2.95 bits per heavy atom. The van der Waals surface area contributed by atoms with E-state index < -0.39 is 0 Å². The highest BCUT2D eigenvalue weighted by Crippen LogP contribution is 2.37. The zero-order chi connectivity index (χ0) is 15.0. The number of rotatable bonds is 5. The smallest absolute Gasteiger partial charge is 0.253 e. The molecule has 21 heavy (non-hydrogen) atoms. The summed E-state index contributed by atoms with van der Waals surface area (Å²) in [6.45, 7) is 3.09. The van der Waals surface area contributed by atoms with Gasteiger partial charge in [-0.3, -0.25) is 9.59 Å². The first-order valence-corrected chi connectivity index (χ1v) is 7.22. The Bertz CT molecular complexity index is 600. The Hall–Kier alpha value is -1.89. The van der Waals surface area contributed by atoms with Gasteiger partial charge in [-0.2, -0.15) is 0 Å². The first-order chi connectivity index (χ1) is 10.1. The zero-order valence-corrected chi connectivity index (χ0v) is 12.3. The Kier molecular flexibility index (Phi) is 3.67. The van der Waals surface area contributed by atoms with Crippen LogP contribution in [0.3, 0.4) is 0 Å². The second-order valence-electron chi connectivity index (χ2n) is 5.88. The van der Waals surface area contributed by atoms with Crippen LogP contribution in [0.5, 0.6) is 0 Å². The molecule has 0 radical (unpaired) electrons. The molecule has 2 fully saturated rings. The molecule has 2 N–H and O–H groups in total. The SMILES string of the molecule is COCc1nc(NC2CC(=O)N(C3CC3C)C2)cc(=O)[nH]1. The molecule has 0 aromatic carbocycles. The predicted octanol–water partition coefficient (Wildman–Crippen LogP) is 0.337. The van der Waals surface area contributed by atoms with Crippen LogP contribution in [0, 0.1) is 5.92 Å². The molecule has 2 heterocycles. The molecular formula is C14H20N4O3. The number of carbonyl (C=O) groups is 1. The highest BCUT2D eigenvalue weighted by Gasteiger charge is 2.44. The molecule has 2 aliphatic rings. The van der Waals surface area contributed by atoms with Crippen molar-refractivity contribution in [2.75, 3.05) is 19.0 Å². The minimum atomic E-state index is -0.225. The maximum absolute atomic E-state index is 12.0. The van der Waals surface area contributed by atoms with Crippen molar-refractivity contribution in [2.45, 2.75) is 38.5 Å². The Morgan fingerprint density at radius 1 is 1.52 bits per heavy atom. The van der Waals surface area contributed by atoms with E-state index in [-0.39, 0.29) is 24.1 Å². The number of nitrogens with zero attached hydrogens (tertiary/aromatic N) is 2. The highest BCUT2D eigenvalue weighted by molar-refractivity contribution is 5.80. The van der Waals surface area contributed by atoms with Crippen molar-refractivity contribution in [3.05, 3.63) is 22.2 Å². The normalized spacial score (nSPS) is 28.0. The second kappa shape index (κ2) is 5.48. The predicted molar refractivity (Wildman–Crippen MR) is 76.9 cm³/mol. The number of carbonyl (C=O) groups excluding carboxylic acids is 1. The monoisotopic (exact) mass is 292 g/mol. The minimum Gasteiger partial charge on any atom is -0.377 e. The summed E-state index contributed by atoms with van der Waals surface area (Å²) in [7, 11) is 1.55. The van der Waals surface area contributed by atoms with Gasteiger partial charge in [0.2, 0.25) is 5.91 Å². The molecule has 1 aromatic rings. The molecule has 0 spiro atoms. The van der Waals surface area contributed by atoms with Crippen molar-refractivity contribution < 1.29 is 9.53 Å². The molecule has 114 valence electrons. The zero-order valence-electron chi connectivity index (χ0n) is 12.3. The van der Waals surface area contributed by atoms with Gasteiger partial charge in [-0.1, -0.05) is 6.92 Å². The average molecular weight is 292 g/mol. The summed E-state index contributed by atoms with van der Waals surface area (Å²) in [5.41, 5.74) is -0.225. The quantitative estimate of drug-likeness (QED) is 0.817. The van der Waals surface area contributed by atoms with Crippen molar-refractivity contribution in [1.82, 2.24) is 14.9 Å². The lowest BCUT2D eigenvalue weighted by Gasteiger charge is -2.17. The van der Waals surface area contributed by atoms with Gasteiger partial charge in [0.05, 0.1) is 6.04 Å². The van der Waals surface area contributed by atoms with Crippen LogP contribution in [0.2, 0.25) is 0 Å². The van der Waals surface area contributed by atoms with Crippen LogP contribution in [0.1, 0.15) is 25.6 Å². The third kappa shape index (κ3) is 3.07. The minimum absolute atomic E-state index is 0.00925. The van der Waals surface area contributed by atoms with Crippen molar-refractivity contribution in [3.8, 4) is 0 Å². The Morgan fingerprint density at radius 2 is 2.29 bits per heavy atom. The maximum Gasteiger partial charge on any atom is 0.253 e. The molecule has 1 amide bonds. The molecule has 3 unspecified atom stereocenters.